The summed E-state index contributed by atoms with van der Waals surface area (Å²) in [5.74, 6) is 3.47. The van der Waals surface area contributed by atoms with Gasteiger partial charge in [0.25, 0.3) is 0 Å². The van der Waals surface area contributed by atoms with Crippen LogP contribution in [-0.2, 0) is 16.1 Å². The lowest BCUT2D eigenvalue weighted by atomic mass is 9.91. The minimum atomic E-state index is -0.258. The van der Waals surface area contributed by atoms with Gasteiger partial charge in [-0.25, -0.2) is 9.98 Å². The fourth-order valence-corrected chi connectivity index (χ4v) is 6.17. The summed E-state index contributed by atoms with van der Waals surface area (Å²) in [6, 6.07) is 5.71. The number of likely N-dealkylation sites (tertiary alicyclic amines) is 1. The maximum absolute atomic E-state index is 13.9. The number of fused-ring (bicyclic) bond motifs is 1. The number of rotatable bonds is 9. The zero-order valence-electron chi connectivity index (χ0n) is 22.1. The van der Waals surface area contributed by atoms with Crippen molar-refractivity contribution in [3.05, 3.63) is 35.9 Å². The molecule has 3 N–H and O–H groups in total. The van der Waals surface area contributed by atoms with Crippen molar-refractivity contribution in [2.45, 2.75) is 50.9 Å². The Morgan fingerprint density at radius 1 is 1.32 bits per heavy atom. The Kier molecular flexibility index (Phi) is 6.69. The molecule has 0 saturated carbocycles. The average molecular weight is 516 g/mol. The van der Waals surface area contributed by atoms with Crippen LogP contribution in [-0.4, -0.2) is 88.5 Å². The number of amidine groups is 1. The van der Waals surface area contributed by atoms with Crippen LogP contribution >= 0.6 is 0 Å². The summed E-state index contributed by atoms with van der Waals surface area (Å²) in [7, 11) is 2.42. The molecule has 2 aromatic heterocycles. The summed E-state index contributed by atoms with van der Waals surface area (Å²) < 4.78 is 7.51. The van der Waals surface area contributed by atoms with E-state index in [1.165, 1.54) is 0 Å². The van der Waals surface area contributed by atoms with Crippen LogP contribution in [0.4, 0.5) is 5.82 Å². The second-order valence-corrected chi connectivity index (χ2v) is 10.4. The number of hydrogen-bond donors (Lipinski definition) is 2. The number of amides is 1. The third-order valence-corrected chi connectivity index (χ3v) is 8.23. The number of carbonyl (C=O) groups excluding carboxylic acids is 1. The van der Waals surface area contributed by atoms with Crippen molar-refractivity contribution in [1.82, 2.24) is 30.0 Å². The normalized spacial score (nSPS) is 26.2. The Hall–Kier alpha value is -3.25. The number of ether oxygens (including phenoxy) is 1. The highest BCUT2D eigenvalue weighted by atomic mass is 16.5. The van der Waals surface area contributed by atoms with Gasteiger partial charge >= 0.3 is 0 Å². The molecule has 3 atom stereocenters. The summed E-state index contributed by atoms with van der Waals surface area (Å²) in [4.78, 5) is 28.1. The van der Waals surface area contributed by atoms with Crippen LogP contribution in [0.25, 0.3) is 11.5 Å². The van der Waals surface area contributed by atoms with Crippen LogP contribution in [0.2, 0.25) is 5.82 Å². The van der Waals surface area contributed by atoms with Crippen LogP contribution in [0.15, 0.2) is 40.9 Å². The van der Waals surface area contributed by atoms with E-state index >= 15 is 0 Å². The van der Waals surface area contributed by atoms with E-state index in [1.54, 1.807) is 11.2 Å². The quantitative estimate of drug-likeness (QED) is 0.377. The van der Waals surface area contributed by atoms with Crippen molar-refractivity contribution in [2.75, 3.05) is 44.3 Å². The van der Waals surface area contributed by atoms with Gasteiger partial charge in [0.15, 0.2) is 5.82 Å². The summed E-state index contributed by atoms with van der Waals surface area (Å²) in [5, 5.41) is 11.8. The molecule has 6 rings (SSSR count). The summed E-state index contributed by atoms with van der Waals surface area (Å²) in [6.07, 6.45) is 4.62. The monoisotopic (exact) mass is 516 g/mol. The van der Waals surface area contributed by atoms with E-state index in [9.17, 15) is 4.79 Å². The molecule has 38 heavy (non-hydrogen) atoms. The summed E-state index contributed by atoms with van der Waals surface area (Å²) >= 11 is 0. The van der Waals surface area contributed by atoms with Crippen LogP contribution in [0.3, 0.4) is 0 Å². The van der Waals surface area contributed by atoms with E-state index in [2.05, 4.69) is 34.6 Å². The molecular weight excluding hydrogens is 481 g/mol. The zero-order valence-corrected chi connectivity index (χ0v) is 22.1. The number of aryl methyl sites for hydroxylation is 1. The smallest absolute Gasteiger partial charge is 0.236 e. The lowest BCUT2D eigenvalue weighted by Gasteiger charge is -2.33. The number of carbonyl (C=O) groups is 1. The number of pyridine rings is 1. The molecule has 1 spiro atoms. The second-order valence-electron chi connectivity index (χ2n) is 10.4. The lowest BCUT2D eigenvalue weighted by Crippen LogP contribution is -2.42. The van der Waals surface area contributed by atoms with E-state index in [-0.39, 0.29) is 17.3 Å². The molecule has 199 valence electrons. The number of nitrogens with one attached hydrogen (secondary N) is 1. The molecule has 2 unspecified atom stereocenters. The maximum Gasteiger partial charge on any atom is 0.236 e. The molecule has 1 radical (unpaired) electrons. The van der Waals surface area contributed by atoms with Crippen LogP contribution < -0.4 is 16.0 Å². The van der Waals surface area contributed by atoms with Crippen LogP contribution in [0, 0.1) is 5.92 Å². The maximum atomic E-state index is 13.9. The molecule has 3 saturated heterocycles. The fraction of sp³-hybridized carbons (Fsp3) is 0.577. The van der Waals surface area contributed by atoms with Gasteiger partial charge in [0, 0.05) is 43.6 Å². The molecule has 2 aromatic rings. The van der Waals surface area contributed by atoms with E-state index in [0.29, 0.717) is 62.4 Å². The Morgan fingerprint density at radius 3 is 2.97 bits per heavy atom. The van der Waals surface area contributed by atoms with Gasteiger partial charge in [0.05, 0.1) is 25.7 Å². The summed E-state index contributed by atoms with van der Waals surface area (Å²) in [5.41, 5.74) is 7.38. The molecular formula is C26H35BN9O2. The van der Waals surface area contributed by atoms with E-state index in [4.69, 9.17) is 20.4 Å². The number of anilines is 1. The molecule has 3 fully saturated rings. The molecule has 0 aliphatic carbocycles. The van der Waals surface area contributed by atoms with Crippen LogP contribution in [0.5, 0.6) is 0 Å². The van der Waals surface area contributed by atoms with Crippen molar-refractivity contribution in [2.24, 2.45) is 16.6 Å². The molecule has 4 aliphatic rings. The molecule has 1 amide bonds. The SMILES string of the molecule is CCn1cnnc1-c1cccc(N2CC3=C(NCCOCCN)N=C(N4CCCC45[B][C@@H]5C)CC3C2=O)n1. The van der Waals surface area contributed by atoms with Gasteiger partial charge in [-0.3, -0.25) is 9.69 Å². The van der Waals surface area contributed by atoms with Crippen molar-refractivity contribution in [3.8, 4) is 11.5 Å². The first-order valence-corrected chi connectivity index (χ1v) is 13.7. The minimum absolute atomic E-state index is 0.0637. The third-order valence-electron chi connectivity index (χ3n) is 8.23. The largest absolute Gasteiger partial charge is 0.378 e. The predicted molar refractivity (Wildman–Crippen MR) is 146 cm³/mol. The first kappa shape index (κ1) is 25.1. The van der Waals surface area contributed by atoms with Crippen LogP contribution in [0.1, 0.15) is 33.1 Å². The Labute approximate surface area is 223 Å². The predicted octanol–water partition coefficient (Wildman–Crippen LogP) is 1.22. The standard InChI is InChI=1S/C26H35BN9O2/c1-3-34-16-30-33-24(34)20-6-4-7-21(31-20)35-15-19-18(25(35)37)14-22(32-23(19)29-10-13-38-12-9-28)36-11-5-8-26(36)17(2)27-26/h4,6-7,16-18,29H,3,5,8-15,28H2,1-2H3/t17-,18?,26?/m1/s1. The topological polar surface area (TPSA) is 127 Å². The molecule has 4 aliphatic heterocycles. The van der Waals surface area contributed by atoms with E-state index in [0.717, 1.165) is 43.2 Å². The Morgan fingerprint density at radius 2 is 2.18 bits per heavy atom. The first-order chi connectivity index (χ1) is 18.6. The van der Waals surface area contributed by atoms with Crippen molar-refractivity contribution < 1.29 is 9.53 Å². The number of nitrogens with two attached hydrogens (primary N) is 1. The number of aliphatic imine (C=N–C) groups is 1. The minimum Gasteiger partial charge on any atom is -0.378 e. The molecule has 0 bridgehead atoms. The molecule has 0 aromatic carbocycles. The van der Waals surface area contributed by atoms with E-state index < -0.39 is 0 Å². The van der Waals surface area contributed by atoms with Crippen molar-refractivity contribution in [1.29, 1.82) is 0 Å². The van der Waals surface area contributed by atoms with Gasteiger partial charge < -0.3 is 25.3 Å². The molecule has 11 nitrogen and oxygen atoms in total. The third kappa shape index (κ3) is 4.29. The fourth-order valence-electron chi connectivity index (χ4n) is 6.17. The highest BCUT2D eigenvalue weighted by Gasteiger charge is 2.59. The molecule has 12 heteroatoms. The zero-order chi connectivity index (χ0) is 26.3. The van der Waals surface area contributed by atoms with E-state index in [1.807, 2.05) is 29.7 Å². The van der Waals surface area contributed by atoms with Gasteiger partial charge in [-0.2, -0.15) is 0 Å². The number of aromatic nitrogens is 4. The lowest BCUT2D eigenvalue weighted by molar-refractivity contribution is -0.119. The average Bonchev–Trinajstić information content (AvgIpc) is 3.33. The van der Waals surface area contributed by atoms with Gasteiger partial charge in [-0.05, 0) is 31.9 Å². The van der Waals surface area contributed by atoms with Gasteiger partial charge in [0.1, 0.15) is 36.8 Å². The van der Waals surface area contributed by atoms with Gasteiger partial charge in [-0.15, -0.1) is 10.2 Å². The second kappa shape index (κ2) is 10.1. The number of hydrogen-bond acceptors (Lipinski definition) is 9. The van der Waals surface area contributed by atoms with Gasteiger partial charge in [0.2, 0.25) is 5.91 Å². The molecule has 6 heterocycles. The summed E-state index contributed by atoms with van der Waals surface area (Å²) in [6.45, 7) is 8.64. The van der Waals surface area contributed by atoms with Gasteiger partial charge in [-0.1, -0.05) is 18.8 Å². The number of nitrogens with zero attached hydrogens (tertiary/aromatic N) is 7. The van der Waals surface area contributed by atoms with Crippen molar-refractivity contribution in [3.63, 3.8) is 0 Å². The highest BCUT2D eigenvalue weighted by Crippen LogP contribution is 2.53. The highest BCUT2D eigenvalue weighted by molar-refractivity contribution is 6.57. The Balaban J connectivity index is 1.28. The first-order valence-electron chi connectivity index (χ1n) is 13.7. The van der Waals surface area contributed by atoms with Crippen molar-refractivity contribution >= 4 is 24.8 Å². The Bertz CT molecular complexity index is 1280.